The predicted molar refractivity (Wildman–Crippen MR) is 317 cm³/mol. The Morgan fingerprint density at radius 3 is 2.42 bits per heavy atom. The van der Waals surface area contributed by atoms with Crippen molar-refractivity contribution in [3.63, 3.8) is 0 Å². The number of fused-ring (bicyclic) bond motifs is 4. The summed E-state index contributed by atoms with van der Waals surface area (Å²) < 4.78 is 60.7. The highest BCUT2D eigenvalue weighted by Crippen LogP contribution is 2.54. The second-order valence-corrected chi connectivity index (χ2v) is 25.8. The van der Waals surface area contributed by atoms with Gasteiger partial charge in [-0.25, -0.2) is 13.1 Å². The smallest absolute Gasteiger partial charge is 0.293 e. The van der Waals surface area contributed by atoms with E-state index in [1.165, 1.54) is 28.8 Å². The Labute approximate surface area is 489 Å². The number of nitro benzene ring substituents is 1. The van der Waals surface area contributed by atoms with Crippen molar-refractivity contribution in [3.8, 4) is 11.8 Å². The van der Waals surface area contributed by atoms with Gasteiger partial charge in [-0.1, -0.05) is 24.3 Å². The first kappa shape index (κ1) is 54.8. The monoisotopic (exact) mass is 1160 g/mol. The number of carbonyl (C=O) groups excluding carboxylic acids is 1. The maximum Gasteiger partial charge on any atom is 0.293 e. The first-order chi connectivity index (χ1) is 40.9. The maximum absolute atomic E-state index is 14.8. The summed E-state index contributed by atoms with van der Waals surface area (Å²) in [6.45, 7) is 13.0. The molecule has 21 nitrogen and oxygen atoms in total. The number of pyridine rings is 2. The van der Waals surface area contributed by atoms with Crippen molar-refractivity contribution >= 4 is 61.2 Å². The number of benzene rings is 3. The van der Waals surface area contributed by atoms with Crippen molar-refractivity contribution in [2.45, 2.75) is 93.5 Å². The molecule has 1 spiro atoms. The lowest BCUT2D eigenvalue weighted by atomic mass is 9.59. The molecule has 6 aromatic rings. The number of piperazine rings is 1. The molecule has 3 aromatic carbocycles. The van der Waals surface area contributed by atoms with Gasteiger partial charge in [0.15, 0.2) is 0 Å². The number of aryl methyl sites for hydroxylation is 1. The molecule has 14 rings (SSSR count). The molecular formula is C62H73N11O10S. The lowest BCUT2D eigenvalue weighted by Crippen LogP contribution is -2.60. The summed E-state index contributed by atoms with van der Waals surface area (Å²) >= 11 is 0. The number of anilines is 5. The first-order valence-corrected chi connectivity index (χ1v) is 31.5. The van der Waals surface area contributed by atoms with Crippen LogP contribution >= 0.6 is 0 Å². The van der Waals surface area contributed by atoms with E-state index in [9.17, 15) is 23.3 Å². The molecule has 8 aliphatic rings. The lowest BCUT2D eigenvalue weighted by molar-refractivity contribution is -0.384. The molecule has 1 amide bonds. The number of nitrogens with zero attached hydrogens (tertiary/aromatic N) is 8. The Hall–Kier alpha value is -7.08. The third-order valence-electron chi connectivity index (χ3n) is 19.4. The van der Waals surface area contributed by atoms with Crippen LogP contribution in [0.5, 0.6) is 11.8 Å². The second-order valence-electron chi connectivity index (χ2n) is 24.2. The minimum Gasteiger partial charge on any atom is -0.477 e. The van der Waals surface area contributed by atoms with Gasteiger partial charge in [0, 0.05) is 126 Å². The minimum atomic E-state index is -4.62. The van der Waals surface area contributed by atoms with Gasteiger partial charge in [0.2, 0.25) is 11.8 Å². The molecule has 0 unspecified atom stereocenters. The summed E-state index contributed by atoms with van der Waals surface area (Å²) in [5, 5.41) is 16.4. The summed E-state index contributed by atoms with van der Waals surface area (Å²) in [5.41, 5.74) is 6.73. The third kappa shape index (κ3) is 10.6. The van der Waals surface area contributed by atoms with Crippen LogP contribution in [0.3, 0.4) is 0 Å². The molecule has 84 heavy (non-hydrogen) atoms. The molecule has 0 radical (unpaired) electrons. The number of hydrogen-bond donors (Lipinski definition) is 3. The Morgan fingerprint density at radius 1 is 0.786 bits per heavy atom. The normalized spacial score (nSPS) is 24.1. The number of aromatic amines is 1. The van der Waals surface area contributed by atoms with E-state index < -0.39 is 37.5 Å². The van der Waals surface area contributed by atoms with Crippen LogP contribution in [0.1, 0.15) is 90.5 Å². The van der Waals surface area contributed by atoms with Gasteiger partial charge < -0.3 is 48.7 Å². The molecule has 5 saturated heterocycles. The van der Waals surface area contributed by atoms with Crippen molar-refractivity contribution in [2.24, 2.45) is 11.3 Å². The third-order valence-corrected chi connectivity index (χ3v) is 20.7. The number of H-pyrrole nitrogens is 1. The van der Waals surface area contributed by atoms with Crippen LogP contribution in [0.25, 0.3) is 11.0 Å². The van der Waals surface area contributed by atoms with Gasteiger partial charge >= 0.3 is 0 Å². The average molecular weight is 1160 g/mol. The zero-order valence-corrected chi connectivity index (χ0v) is 48.3. The van der Waals surface area contributed by atoms with E-state index in [0.717, 1.165) is 120 Å². The van der Waals surface area contributed by atoms with E-state index in [-0.39, 0.29) is 40.7 Å². The highest BCUT2D eigenvalue weighted by atomic mass is 32.2. The van der Waals surface area contributed by atoms with E-state index >= 15 is 0 Å². The number of aromatic nitrogens is 3. The molecule has 1 saturated carbocycles. The van der Waals surface area contributed by atoms with Gasteiger partial charge in [-0.3, -0.25) is 24.7 Å². The first-order valence-electron chi connectivity index (χ1n) is 30.0. The highest BCUT2D eigenvalue weighted by Gasteiger charge is 2.51. The number of hydrogen-bond acceptors (Lipinski definition) is 18. The van der Waals surface area contributed by atoms with Crippen molar-refractivity contribution in [3.05, 3.63) is 123 Å². The van der Waals surface area contributed by atoms with Crippen molar-refractivity contribution < 1.29 is 41.8 Å². The Morgan fingerprint density at radius 2 is 1.60 bits per heavy atom. The van der Waals surface area contributed by atoms with Crippen LogP contribution < -0.4 is 34.2 Å². The fraction of sp³-hybridized carbons (Fsp3) is 0.500. The predicted octanol–water partition coefficient (Wildman–Crippen LogP) is 8.29. The van der Waals surface area contributed by atoms with Crippen LogP contribution in [-0.4, -0.2) is 161 Å². The molecule has 6 fully saturated rings. The summed E-state index contributed by atoms with van der Waals surface area (Å²) in [4.78, 5) is 51.6. The molecule has 3 N–H and O–H groups in total. The van der Waals surface area contributed by atoms with Gasteiger partial charge in [-0.15, -0.1) is 0 Å². The van der Waals surface area contributed by atoms with E-state index in [4.69, 9.17) is 33.7 Å². The second kappa shape index (κ2) is 22.7. The quantitative estimate of drug-likeness (QED) is 0.0731. The van der Waals surface area contributed by atoms with E-state index in [2.05, 4.69) is 82.8 Å². The molecule has 7 aliphatic heterocycles. The number of nitro groups is 1. The zero-order valence-electron chi connectivity index (χ0n) is 47.5. The van der Waals surface area contributed by atoms with Crippen molar-refractivity contribution in [1.29, 1.82) is 0 Å². The summed E-state index contributed by atoms with van der Waals surface area (Å²) in [6.07, 6.45) is 8.81. The number of piperidine rings is 1. The van der Waals surface area contributed by atoms with Crippen LogP contribution in [0.2, 0.25) is 0 Å². The Bertz CT molecular complexity index is 3560. The minimum absolute atomic E-state index is 0.119. The van der Waals surface area contributed by atoms with E-state index in [0.29, 0.717) is 88.2 Å². The summed E-state index contributed by atoms with van der Waals surface area (Å²) in [6, 6.07) is 27.2. The highest BCUT2D eigenvalue weighted by molar-refractivity contribution is 7.90. The van der Waals surface area contributed by atoms with Crippen LogP contribution in [-0.2, 0) is 24.2 Å². The van der Waals surface area contributed by atoms with Gasteiger partial charge in [-0.2, -0.15) is 9.97 Å². The van der Waals surface area contributed by atoms with Crippen molar-refractivity contribution in [1.82, 2.24) is 29.5 Å². The SMILES string of the molecule is Cc1ccccc1[C@@H]1CN([C@@H]2CCOc3nc(N4CCOCC4)ccc32)CCN1C1CC2(CCN(c3ccc(C(=O)NS(=O)(=O)c4ccc(NCC5CCOCC5)c([N+](=O)[O-])c4)c(N4c5cc6cc[nH]c6nc5O[C@H]5COCC[C@@H]54)c3)CC2)C1. The Kier molecular flexibility index (Phi) is 14.8. The van der Waals surface area contributed by atoms with E-state index in [1.54, 1.807) is 6.07 Å². The molecular weight excluding hydrogens is 1090 g/mol. The average Bonchev–Trinajstić information content (AvgIpc) is 3.88. The van der Waals surface area contributed by atoms with Gasteiger partial charge in [-0.05, 0) is 129 Å². The number of amides is 1. The molecule has 4 atom stereocenters. The molecule has 442 valence electrons. The van der Waals surface area contributed by atoms with Crippen molar-refractivity contribution in [2.75, 3.05) is 119 Å². The van der Waals surface area contributed by atoms with Gasteiger partial charge in [0.25, 0.3) is 21.6 Å². The molecule has 3 aromatic heterocycles. The lowest BCUT2D eigenvalue weighted by Gasteiger charge is -2.59. The zero-order chi connectivity index (χ0) is 57.1. The maximum atomic E-state index is 14.8. The van der Waals surface area contributed by atoms with Crippen LogP contribution in [0, 0.1) is 28.4 Å². The number of sulfonamides is 1. The fourth-order valence-corrected chi connectivity index (χ4v) is 15.6. The van der Waals surface area contributed by atoms with Gasteiger partial charge in [0.05, 0.1) is 53.5 Å². The molecule has 0 bridgehead atoms. The van der Waals surface area contributed by atoms with Crippen LogP contribution in [0.4, 0.5) is 34.3 Å². The van der Waals surface area contributed by atoms with Gasteiger partial charge in [0.1, 0.15) is 28.9 Å². The molecule has 22 heteroatoms. The number of morpholine rings is 1. The Balaban J connectivity index is 0.711. The number of nitrogens with one attached hydrogen (secondary N) is 3. The fourth-order valence-electron chi connectivity index (χ4n) is 14.7. The molecule has 10 heterocycles. The van der Waals surface area contributed by atoms with Crippen LogP contribution in [0.15, 0.2) is 96.0 Å². The topological polar surface area (TPSA) is 222 Å². The number of carbonyl (C=O) groups is 1. The summed E-state index contributed by atoms with van der Waals surface area (Å²) in [7, 11) is -4.62. The largest absolute Gasteiger partial charge is 0.477 e. The number of rotatable bonds is 13. The molecule has 1 aliphatic carbocycles. The number of ether oxygens (including phenoxy) is 5. The van der Waals surface area contributed by atoms with E-state index in [1.807, 2.05) is 30.5 Å². The summed E-state index contributed by atoms with van der Waals surface area (Å²) in [5.74, 6) is 1.48. The standard InChI is InChI=1S/C62H73N11O10S/c1-40-4-2-3-5-46(40)55-38-70(50-16-29-82-60-48(50)9-11-57(65-60)69-24-30-80-31-25-69)22-23-71(55)44-35-62(36-44)17-20-68(21-18-62)43-6-8-47(52(33-43)72-51-15-28-81-39-56(51)83-61-54(72)32-42-12-19-63-58(42)66-61)59(74)67-84(77,78)45-7-10-49(53(34-45)73(75)76)64-37-41-13-26-79-27-14-41/h2-12,19,32-34,41,44,50-51,55-56,64H,13-18,20-31,35-39H2,1H3,(H,63,66)(H,67,74)/t50-,51+,55+,56+/m1/s1.